The first-order valence-electron chi connectivity index (χ1n) is 9.12. The number of rotatable bonds is 6. The highest BCUT2D eigenvalue weighted by Gasteiger charge is 2.24. The van der Waals surface area contributed by atoms with Crippen molar-refractivity contribution in [1.82, 2.24) is 15.0 Å². The number of aromatic nitrogens is 2. The van der Waals surface area contributed by atoms with Crippen LogP contribution >= 0.6 is 0 Å². The quantitative estimate of drug-likeness (QED) is 0.725. The van der Waals surface area contributed by atoms with E-state index < -0.39 is 29.5 Å². The van der Waals surface area contributed by atoms with Gasteiger partial charge in [-0.3, -0.25) is 9.09 Å². The number of amides is 1. The maximum atomic E-state index is 11.9. The van der Waals surface area contributed by atoms with E-state index in [0.717, 1.165) is 19.3 Å². The molecule has 2 N–H and O–H groups in total. The molecule has 0 saturated carbocycles. The Labute approximate surface area is 157 Å². The molecule has 1 aromatic rings. The Morgan fingerprint density at radius 3 is 2.81 bits per heavy atom. The van der Waals surface area contributed by atoms with E-state index in [1.165, 1.54) is 0 Å². The molecular weight excluding hydrogens is 354 g/mol. The molecule has 0 aliphatic carbocycles. The lowest BCUT2D eigenvalue weighted by molar-refractivity contribution is -0.139. The molecule has 27 heavy (non-hydrogen) atoms. The van der Waals surface area contributed by atoms with Crippen LogP contribution in [0.25, 0.3) is 0 Å². The number of nitrogens with zero attached hydrogens (tertiary/aromatic N) is 2. The summed E-state index contributed by atoms with van der Waals surface area (Å²) in [7, 11) is 0. The molecule has 9 heteroatoms. The summed E-state index contributed by atoms with van der Waals surface area (Å²) in [5.41, 5.74) is -0.702. The van der Waals surface area contributed by atoms with Gasteiger partial charge < -0.3 is 15.2 Å². The zero-order valence-electron chi connectivity index (χ0n) is 15.9. The van der Waals surface area contributed by atoms with E-state index in [9.17, 15) is 19.5 Å². The molecule has 1 aromatic heterocycles. The van der Waals surface area contributed by atoms with Crippen LogP contribution in [0, 0.1) is 0 Å². The molecule has 0 radical (unpaired) electrons. The predicted octanol–water partition coefficient (Wildman–Crippen LogP) is 2.42. The van der Waals surface area contributed by atoms with Gasteiger partial charge in [0.15, 0.2) is 5.82 Å². The molecule has 0 spiro atoms. The van der Waals surface area contributed by atoms with E-state index in [0.29, 0.717) is 18.7 Å². The fraction of sp³-hybridized carbons (Fsp3) is 0.667. The number of hydrogen-bond acceptors (Lipinski definition) is 6. The van der Waals surface area contributed by atoms with Crippen LogP contribution in [0.1, 0.15) is 64.7 Å². The van der Waals surface area contributed by atoms with Crippen molar-refractivity contribution in [3.05, 3.63) is 28.5 Å². The van der Waals surface area contributed by atoms with Gasteiger partial charge in [0.05, 0.1) is 0 Å². The van der Waals surface area contributed by atoms with Gasteiger partial charge in [0.2, 0.25) is 0 Å². The van der Waals surface area contributed by atoms with Crippen molar-refractivity contribution < 1.29 is 24.0 Å². The fourth-order valence-corrected chi connectivity index (χ4v) is 2.98. The number of fused-ring (bicyclic) bond motifs is 1. The number of carbonyl (C=O) groups excluding carboxylic acids is 1. The van der Waals surface area contributed by atoms with Gasteiger partial charge in [0.25, 0.3) is 0 Å². The zero-order valence-corrected chi connectivity index (χ0v) is 15.9. The van der Waals surface area contributed by atoms with Crippen LogP contribution < -0.4 is 11.1 Å². The lowest BCUT2D eigenvalue weighted by Crippen LogP contribution is -2.43. The summed E-state index contributed by atoms with van der Waals surface area (Å²) in [6.45, 7) is 5.11. The van der Waals surface area contributed by atoms with Crippen molar-refractivity contribution in [3.63, 3.8) is 0 Å². The molecule has 2 rings (SSSR count). The Kier molecular flexibility index (Phi) is 6.81. The number of nitrogens with one attached hydrogen (secondary N) is 1. The van der Waals surface area contributed by atoms with E-state index in [2.05, 4.69) is 10.5 Å². The number of aryl methyl sites for hydroxylation is 1. The van der Waals surface area contributed by atoms with Gasteiger partial charge in [-0.15, -0.1) is 0 Å². The van der Waals surface area contributed by atoms with Crippen molar-refractivity contribution in [3.8, 4) is 0 Å². The first-order valence-corrected chi connectivity index (χ1v) is 9.12. The van der Waals surface area contributed by atoms with E-state index in [1.807, 2.05) is 6.08 Å². The van der Waals surface area contributed by atoms with Crippen molar-refractivity contribution in [2.75, 3.05) is 0 Å². The van der Waals surface area contributed by atoms with E-state index in [1.54, 1.807) is 31.4 Å². The zero-order chi connectivity index (χ0) is 20.0. The van der Waals surface area contributed by atoms with Crippen LogP contribution in [0.4, 0.5) is 4.79 Å². The molecule has 2 heterocycles. The Morgan fingerprint density at radius 2 is 2.15 bits per heavy atom. The summed E-state index contributed by atoms with van der Waals surface area (Å²) >= 11 is 0. The average Bonchev–Trinajstić information content (AvgIpc) is 2.79. The van der Waals surface area contributed by atoms with Crippen molar-refractivity contribution in [2.45, 2.75) is 77.0 Å². The number of allylic oxidation sites excluding steroid dienone is 1. The van der Waals surface area contributed by atoms with Gasteiger partial charge in [0.1, 0.15) is 11.6 Å². The van der Waals surface area contributed by atoms with E-state index in [-0.39, 0.29) is 12.5 Å². The minimum atomic E-state index is -1.14. The topological polar surface area (TPSA) is 124 Å². The molecule has 1 amide bonds. The maximum absolute atomic E-state index is 11.9. The summed E-state index contributed by atoms with van der Waals surface area (Å²) in [5.74, 6) is -0.941. The fourth-order valence-electron chi connectivity index (χ4n) is 2.98. The summed E-state index contributed by atoms with van der Waals surface area (Å²) in [4.78, 5) is 35.0. The number of carbonyl (C=O) groups is 2. The van der Waals surface area contributed by atoms with Gasteiger partial charge in [-0.1, -0.05) is 23.7 Å². The smallest absolute Gasteiger partial charge is 0.441 e. The molecule has 0 saturated heterocycles. The standard InChI is InChI=1S/C18H27N3O6/c1-18(2,3)26-16(24)19-13(15(22)23)10-6-4-8-12-9-5-7-11-14-20-27-17(25)21(12)14/h4,6,12-13H,5,7-11H2,1-3H3,(H,19,24)(H,22,23)/t12?,13-/m0/s1. The van der Waals surface area contributed by atoms with Gasteiger partial charge in [-0.05, 0) is 46.5 Å². The first kappa shape index (κ1) is 20.7. The molecule has 1 aliphatic heterocycles. The van der Waals surface area contributed by atoms with Gasteiger partial charge in [0, 0.05) is 12.5 Å². The van der Waals surface area contributed by atoms with Crippen LogP contribution in [0.5, 0.6) is 0 Å². The minimum absolute atomic E-state index is 0.0559. The summed E-state index contributed by atoms with van der Waals surface area (Å²) in [6.07, 6.45) is 6.91. The largest absolute Gasteiger partial charge is 0.480 e. The number of alkyl carbamates (subject to hydrolysis) is 1. The molecule has 0 aromatic carbocycles. The van der Waals surface area contributed by atoms with E-state index in [4.69, 9.17) is 9.26 Å². The monoisotopic (exact) mass is 381 g/mol. The van der Waals surface area contributed by atoms with Crippen LogP contribution in [0.2, 0.25) is 0 Å². The molecule has 150 valence electrons. The van der Waals surface area contributed by atoms with Crippen molar-refractivity contribution in [1.29, 1.82) is 0 Å². The second-order valence-corrected chi connectivity index (χ2v) is 7.61. The number of hydrogen-bond donors (Lipinski definition) is 2. The highest BCUT2D eigenvalue weighted by atomic mass is 16.6. The normalized spacial score (nSPS) is 18.6. The lowest BCUT2D eigenvalue weighted by atomic mass is 10.1. The van der Waals surface area contributed by atoms with Crippen LogP contribution in [-0.4, -0.2) is 38.5 Å². The molecular formula is C18H27N3O6. The predicted molar refractivity (Wildman–Crippen MR) is 96.5 cm³/mol. The van der Waals surface area contributed by atoms with Gasteiger partial charge in [-0.2, -0.15) is 0 Å². The minimum Gasteiger partial charge on any atom is -0.480 e. The lowest BCUT2D eigenvalue weighted by Gasteiger charge is -2.21. The highest BCUT2D eigenvalue weighted by Crippen LogP contribution is 2.24. The third-order valence-electron chi connectivity index (χ3n) is 4.19. The summed E-state index contributed by atoms with van der Waals surface area (Å²) < 4.78 is 11.4. The molecule has 1 unspecified atom stereocenters. The third-order valence-corrected chi connectivity index (χ3v) is 4.19. The maximum Gasteiger partial charge on any atom is 0.441 e. The third kappa shape index (κ3) is 6.26. The van der Waals surface area contributed by atoms with Crippen molar-refractivity contribution in [2.24, 2.45) is 0 Å². The second kappa shape index (κ2) is 8.88. The summed E-state index contributed by atoms with van der Waals surface area (Å²) in [5, 5.41) is 15.4. The van der Waals surface area contributed by atoms with Gasteiger partial charge >= 0.3 is 17.8 Å². The number of ether oxygens (including phenoxy) is 1. The number of carboxylic acid groups (broad SMARTS) is 1. The van der Waals surface area contributed by atoms with Crippen molar-refractivity contribution >= 4 is 12.1 Å². The highest BCUT2D eigenvalue weighted by molar-refractivity contribution is 5.80. The van der Waals surface area contributed by atoms with Crippen LogP contribution in [-0.2, 0) is 16.0 Å². The average molecular weight is 381 g/mol. The molecule has 0 fully saturated rings. The Hall–Kier alpha value is -2.58. The second-order valence-electron chi connectivity index (χ2n) is 7.61. The Balaban J connectivity index is 1.93. The number of carboxylic acids is 1. The molecule has 2 atom stereocenters. The Bertz CT molecular complexity index is 743. The van der Waals surface area contributed by atoms with Crippen LogP contribution in [0.15, 0.2) is 21.5 Å². The van der Waals surface area contributed by atoms with Gasteiger partial charge in [-0.25, -0.2) is 14.4 Å². The van der Waals surface area contributed by atoms with Crippen LogP contribution in [0.3, 0.4) is 0 Å². The molecule has 0 bridgehead atoms. The Morgan fingerprint density at radius 1 is 1.41 bits per heavy atom. The summed E-state index contributed by atoms with van der Waals surface area (Å²) in [6, 6.07) is -1.14. The first-order chi connectivity index (χ1) is 12.7. The number of aliphatic carboxylic acids is 1. The SMILES string of the molecule is CC(C)(C)OC(=O)N[C@@H](CC=CCC1CCCCc2noc(=O)n21)C(=O)O. The molecule has 1 aliphatic rings. The van der Waals surface area contributed by atoms with E-state index >= 15 is 0 Å². The molecule has 9 nitrogen and oxygen atoms in total.